The van der Waals surface area contributed by atoms with E-state index in [1.165, 1.54) is 4.45 Å². The quantitative estimate of drug-likeness (QED) is 0.350. The van der Waals surface area contributed by atoms with Gasteiger partial charge in [-0.15, -0.1) is 5.10 Å². The second-order valence-corrected chi connectivity index (χ2v) is 12.4. The molecule has 26 heavy (non-hydrogen) atoms. The Kier molecular flexibility index (Phi) is 5.34. The summed E-state index contributed by atoms with van der Waals surface area (Å²) in [5, 5.41) is 7.73. The van der Waals surface area contributed by atoms with E-state index in [1.54, 1.807) is 10.7 Å². The smallest absolute Gasteiger partial charge is 0.181 e. The van der Waals surface area contributed by atoms with Gasteiger partial charge in [-0.3, -0.25) is 26.4 Å². The molecule has 8 N–H and O–H groups in total. The summed E-state index contributed by atoms with van der Waals surface area (Å²) in [4.78, 5) is 4.15. The molecule has 0 aliphatic rings. The molecule has 0 aliphatic heterocycles. The second-order valence-electron chi connectivity index (χ2n) is 5.39. The molecule has 4 rings (SSSR count). The molecule has 0 amide bonds. The van der Waals surface area contributed by atoms with E-state index >= 15 is 0 Å². The summed E-state index contributed by atoms with van der Waals surface area (Å²) >= 11 is 9.98. The maximum Gasteiger partial charge on any atom is 0.181 e. The van der Waals surface area contributed by atoms with Crippen LogP contribution in [0.3, 0.4) is 0 Å². The number of hydrogen-bond donors (Lipinski definition) is 4. The molecule has 2 aromatic carbocycles. The van der Waals surface area contributed by atoms with Crippen LogP contribution in [0, 0.1) is 0 Å². The van der Waals surface area contributed by atoms with Gasteiger partial charge in [-0.2, -0.15) is 4.45 Å². The van der Waals surface area contributed by atoms with Crippen LogP contribution in [0.15, 0.2) is 54.9 Å². The maximum atomic E-state index is 5.69. The van der Waals surface area contributed by atoms with Crippen LogP contribution >= 0.6 is 13.0 Å². The van der Waals surface area contributed by atoms with Crippen molar-refractivity contribution in [2.45, 2.75) is 0 Å². The van der Waals surface area contributed by atoms with Gasteiger partial charge >= 0.3 is 0 Å². The molecule has 0 saturated heterocycles. The van der Waals surface area contributed by atoms with Gasteiger partial charge in [0.05, 0.1) is 16.6 Å². The lowest BCUT2D eigenvalue weighted by Crippen LogP contribution is -2.14. The van der Waals surface area contributed by atoms with Crippen molar-refractivity contribution in [3.05, 3.63) is 54.9 Å². The van der Waals surface area contributed by atoms with Crippen LogP contribution < -0.4 is 22.0 Å². The fourth-order valence-corrected chi connectivity index (χ4v) is 4.42. The average Bonchev–Trinajstić information content (AvgIpc) is 3.19. The molecule has 2 heterocycles. The van der Waals surface area contributed by atoms with Gasteiger partial charge in [0.25, 0.3) is 0 Å². The molecule has 13 heteroatoms. The molecule has 0 saturated carbocycles. The molecular weight excluding hydrogens is 408 g/mol. The maximum absolute atomic E-state index is 5.69. The summed E-state index contributed by atoms with van der Waals surface area (Å²) in [5.41, 5.74) is 26.0. The highest BCUT2D eigenvalue weighted by Crippen LogP contribution is 2.32. The first kappa shape index (κ1) is 19.2. The third-order valence-corrected chi connectivity index (χ3v) is 6.27. The van der Waals surface area contributed by atoms with Gasteiger partial charge in [0.15, 0.2) is 13.0 Å². The Bertz CT molecular complexity index is 1060. The third kappa shape index (κ3) is 4.06. The van der Waals surface area contributed by atoms with Gasteiger partial charge < -0.3 is 0 Å². The Labute approximate surface area is 159 Å². The van der Waals surface area contributed by atoms with Crippen molar-refractivity contribution >= 4 is 58.7 Å². The lowest BCUT2D eigenvalue weighted by molar-refractivity contribution is 0.893. The van der Waals surface area contributed by atoms with E-state index in [4.69, 9.17) is 45.6 Å². The first-order valence-corrected chi connectivity index (χ1v) is 13.1. The van der Waals surface area contributed by atoms with E-state index in [2.05, 4.69) is 15.3 Å². The number of aromatic nitrogens is 5. The number of nitrogens with zero attached hydrogens (tertiary/aromatic N) is 5. The van der Waals surface area contributed by atoms with E-state index in [-0.39, 0.29) is 0 Å². The highest BCUT2D eigenvalue weighted by Gasteiger charge is 2.12. The summed E-state index contributed by atoms with van der Waals surface area (Å²) < 4.78 is 3.11. The van der Waals surface area contributed by atoms with E-state index in [9.17, 15) is 0 Å². The van der Waals surface area contributed by atoms with E-state index in [0.717, 1.165) is 22.1 Å². The minimum atomic E-state index is -2.54. The highest BCUT2D eigenvalue weighted by atomic mass is 32.5. The predicted octanol–water partition coefficient (Wildman–Crippen LogP) is 1.45. The first-order valence-electron chi connectivity index (χ1n) is 7.26. The van der Waals surface area contributed by atoms with Gasteiger partial charge in [0.2, 0.25) is 0 Å². The fourth-order valence-electron chi connectivity index (χ4n) is 2.28. The van der Waals surface area contributed by atoms with Crippen LogP contribution in [-0.4, -0.2) is 24.1 Å². The summed E-state index contributed by atoms with van der Waals surface area (Å²) in [7, 11) is 0. The predicted molar refractivity (Wildman–Crippen MR) is 113 cm³/mol. The number of rotatable bonds is 2. The van der Waals surface area contributed by atoms with Crippen LogP contribution in [0.4, 0.5) is 0 Å². The number of imidazole rings is 1. The van der Waals surface area contributed by atoms with Gasteiger partial charge in [0, 0.05) is 0 Å². The molecule has 4 aromatic rings. The first-order chi connectivity index (χ1) is 12.2. The minimum absolute atomic E-state index is 0.757. The van der Waals surface area contributed by atoms with Gasteiger partial charge in [-0.1, -0.05) is 29.5 Å². The van der Waals surface area contributed by atoms with Crippen molar-refractivity contribution in [3.8, 4) is 0 Å². The van der Waals surface area contributed by atoms with E-state index in [0.29, 0.717) is 0 Å². The number of fused-ring (bicyclic) bond motifs is 2. The van der Waals surface area contributed by atoms with Gasteiger partial charge in [-0.25, -0.2) is 4.98 Å². The SMILES string of the molecule is NP(N)(=S)n1cnc2ccccc21.NP(N)(=S)n1nnc2ccccc21. The number of hydrogen-bond acceptors (Lipinski definition) is 5. The standard InChI is InChI=1S/C7H9N4PS.C6H8N5PS/c8-12(9,13)11-5-10-6-3-1-2-4-7(6)11;7-12(8,13)11-6-4-2-1-3-5(6)9-10-11/h1-5H,(H4,8,9,13);1-4H,(H4,7,8,13). The molecule has 0 aliphatic carbocycles. The fraction of sp³-hybridized carbons (Fsp3) is 0. The summed E-state index contributed by atoms with van der Waals surface area (Å²) in [6.07, 6.45) is 1.60. The number of para-hydroxylation sites is 3. The van der Waals surface area contributed by atoms with E-state index in [1.807, 2.05) is 48.5 Å². The van der Waals surface area contributed by atoms with Crippen LogP contribution in [0.1, 0.15) is 0 Å². The average molecular weight is 425 g/mol. The Morgan fingerprint density at radius 1 is 0.769 bits per heavy atom. The van der Waals surface area contributed by atoms with Crippen molar-refractivity contribution < 1.29 is 0 Å². The minimum Gasteiger partial charge on any atom is -0.278 e. The molecule has 0 radical (unpaired) electrons. The van der Waals surface area contributed by atoms with Crippen molar-refractivity contribution in [1.82, 2.24) is 24.1 Å². The van der Waals surface area contributed by atoms with Crippen LogP contribution in [-0.2, 0) is 23.6 Å². The van der Waals surface area contributed by atoms with Gasteiger partial charge in [0.1, 0.15) is 11.8 Å². The monoisotopic (exact) mass is 425 g/mol. The highest BCUT2D eigenvalue weighted by molar-refractivity contribution is 8.12. The lowest BCUT2D eigenvalue weighted by atomic mass is 10.3. The molecular formula is C13H17N9P2S2. The topological polar surface area (TPSA) is 153 Å². The Morgan fingerprint density at radius 2 is 1.35 bits per heavy atom. The molecule has 0 atom stereocenters. The van der Waals surface area contributed by atoms with Crippen molar-refractivity contribution in [2.24, 2.45) is 22.0 Å². The Morgan fingerprint density at radius 3 is 1.96 bits per heavy atom. The summed E-state index contributed by atoms with van der Waals surface area (Å²) in [6, 6.07) is 15.0. The zero-order valence-electron chi connectivity index (χ0n) is 13.5. The van der Waals surface area contributed by atoms with Crippen molar-refractivity contribution in [1.29, 1.82) is 0 Å². The largest absolute Gasteiger partial charge is 0.278 e. The zero-order valence-corrected chi connectivity index (χ0v) is 16.9. The lowest BCUT2D eigenvalue weighted by Gasteiger charge is -2.11. The van der Waals surface area contributed by atoms with Gasteiger partial charge in [-0.05, 0) is 47.9 Å². The second kappa shape index (κ2) is 7.22. The molecule has 0 bridgehead atoms. The molecule has 0 fully saturated rings. The molecule has 2 aromatic heterocycles. The number of benzene rings is 2. The van der Waals surface area contributed by atoms with Crippen LogP contribution in [0.25, 0.3) is 22.1 Å². The van der Waals surface area contributed by atoms with Crippen molar-refractivity contribution in [3.63, 3.8) is 0 Å². The van der Waals surface area contributed by atoms with Crippen LogP contribution in [0.5, 0.6) is 0 Å². The molecule has 136 valence electrons. The Balaban J connectivity index is 0.000000151. The Hall–Kier alpha value is -1.55. The summed E-state index contributed by atoms with van der Waals surface area (Å²) in [5.74, 6) is 0. The van der Waals surface area contributed by atoms with Crippen molar-refractivity contribution in [2.75, 3.05) is 0 Å². The zero-order chi connectivity index (χ0) is 18.9. The molecule has 9 nitrogen and oxygen atoms in total. The molecule has 0 spiro atoms. The molecule has 0 unspecified atom stereocenters. The third-order valence-electron chi connectivity index (χ3n) is 3.40. The van der Waals surface area contributed by atoms with E-state index < -0.39 is 13.0 Å². The summed E-state index contributed by atoms with van der Waals surface area (Å²) in [6.45, 7) is -4.97. The van der Waals surface area contributed by atoms with Crippen LogP contribution in [0.2, 0.25) is 0 Å². The normalized spacial score (nSPS) is 12.2. The number of nitrogens with two attached hydrogens (primary N) is 4.